The lowest BCUT2D eigenvalue weighted by Crippen LogP contribution is -2.51. The average Bonchev–Trinajstić information content (AvgIpc) is 2.43. The van der Waals surface area contributed by atoms with Crippen LogP contribution in [-0.2, 0) is 14.4 Å². The Hall–Kier alpha value is -1.97. The topological polar surface area (TPSA) is 168 Å². The van der Waals surface area contributed by atoms with Crippen molar-refractivity contribution in [1.29, 1.82) is 0 Å². The lowest BCUT2D eigenvalue weighted by molar-refractivity contribution is -0.124. The van der Waals surface area contributed by atoms with Gasteiger partial charge in [0.25, 0.3) is 0 Å². The summed E-state index contributed by atoms with van der Waals surface area (Å²) in [6.45, 7) is 0.232. The number of amides is 3. The highest BCUT2D eigenvalue weighted by molar-refractivity contribution is 5.94. The molecule has 22 heavy (non-hydrogen) atoms. The number of primary amides is 1. The molecule has 0 heterocycles. The van der Waals surface area contributed by atoms with Crippen LogP contribution in [0, 0.1) is 0 Å². The van der Waals surface area contributed by atoms with Crippen LogP contribution in [0.15, 0.2) is 11.6 Å². The molecule has 0 aromatic heterocycles. The van der Waals surface area contributed by atoms with E-state index in [4.69, 9.17) is 11.5 Å². The van der Waals surface area contributed by atoms with Crippen LogP contribution >= 0.6 is 0 Å². The van der Waals surface area contributed by atoms with Crippen molar-refractivity contribution in [3.8, 4) is 0 Å². The Kier molecular flexibility index (Phi) is 6.96. The molecule has 0 saturated carbocycles. The van der Waals surface area contributed by atoms with E-state index in [0.717, 1.165) is 0 Å². The first-order valence-electron chi connectivity index (χ1n) is 6.98. The number of carbonyl (C=O) groups excluding carboxylic acids is 3. The minimum atomic E-state index is -1.20. The molecular weight excluding hydrogens is 292 g/mol. The third-order valence-electron chi connectivity index (χ3n) is 3.22. The van der Waals surface area contributed by atoms with Gasteiger partial charge < -0.3 is 32.3 Å². The molecule has 0 aliphatic heterocycles. The van der Waals surface area contributed by atoms with E-state index in [2.05, 4.69) is 10.6 Å². The molecule has 1 aliphatic rings. The number of nitrogens with two attached hydrogens (primary N) is 2. The van der Waals surface area contributed by atoms with E-state index in [0.29, 0.717) is 0 Å². The SMILES string of the molecule is NCCC(=O)NC1C=C(C(=O)NCCC(N)=O)CC(O)C1O. The Bertz CT molecular complexity index is 465. The van der Waals surface area contributed by atoms with Crippen LogP contribution in [0.2, 0.25) is 0 Å². The average molecular weight is 314 g/mol. The Labute approximate surface area is 127 Å². The molecule has 3 atom stereocenters. The van der Waals surface area contributed by atoms with Crippen molar-refractivity contribution in [3.05, 3.63) is 11.6 Å². The largest absolute Gasteiger partial charge is 0.390 e. The normalized spacial score (nSPS) is 24.3. The predicted octanol–water partition coefficient (Wildman–Crippen LogP) is -3.14. The molecule has 124 valence electrons. The number of hydrogen-bond donors (Lipinski definition) is 6. The Morgan fingerprint density at radius 1 is 1.27 bits per heavy atom. The number of aliphatic hydroxyl groups excluding tert-OH is 2. The highest BCUT2D eigenvalue weighted by Crippen LogP contribution is 2.20. The zero-order valence-corrected chi connectivity index (χ0v) is 12.1. The lowest BCUT2D eigenvalue weighted by atomic mass is 9.90. The lowest BCUT2D eigenvalue weighted by Gasteiger charge is -2.31. The Morgan fingerprint density at radius 2 is 1.95 bits per heavy atom. The monoisotopic (exact) mass is 314 g/mol. The van der Waals surface area contributed by atoms with Crippen molar-refractivity contribution in [2.45, 2.75) is 37.5 Å². The molecule has 0 bridgehead atoms. The van der Waals surface area contributed by atoms with Gasteiger partial charge in [0.15, 0.2) is 0 Å². The minimum absolute atomic E-state index is 0.000856. The summed E-state index contributed by atoms with van der Waals surface area (Å²) in [6.07, 6.45) is -0.958. The van der Waals surface area contributed by atoms with Crippen LogP contribution in [0.3, 0.4) is 0 Å². The maximum atomic E-state index is 11.9. The molecule has 0 radical (unpaired) electrons. The maximum absolute atomic E-state index is 11.9. The molecular formula is C13H22N4O5. The summed E-state index contributed by atoms with van der Waals surface area (Å²) in [5.41, 5.74) is 10.5. The number of hydrogen-bond acceptors (Lipinski definition) is 6. The number of rotatable bonds is 7. The molecule has 0 saturated heterocycles. The first-order chi connectivity index (χ1) is 10.3. The molecule has 0 spiro atoms. The minimum Gasteiger partial charge on any atom is -0.390 e. The molecule has 8 N–H and O–H groups in total. The Balaban J connectivity index is 2.69. The van der Waals surface area contributed by atoms with Gasteiger partial charge in [-0.05, 0) is 0 Å². The van der Waals surface area contributed by atoms with Gasteiger partial charge in [-0.15, -0.1) is 0 Å². The summed E-state index contributed by atoms with van der Waals surface area (Å²) >= 11 is 0. The van der Waals surface area contributed by atoms with Gasteiger partial charge in [-0.3, -0.25) is 14.4 Å². The van der Waals surface area contributed by atoms with Crippen molar-refractivity contribution in [2.75, 3.05) is 13.1 Å². The van der Waals surface area contributed by atoms with Gasteiger partial charge in [-0.25, -0.2) is 0 Å². The van der Waals surface area contributed by atoms with E-state index >= 15 is 0 Å². The van der Waals surface area contributed by atoms with E-state index in [1.54, 1.807) is 0 Å². The summed E-state index contributed by atoms with van der Waals surface area (Å²) in [6, 6.07) is -0.875. The predicted molar refractivity (Wildman–Crippen MR) is 77.1 cm³/mol. The number of nitrogens with one attached hydrogen (secondary N) is 2. The molecule has 9 nitrogen and oxygen atoms in total. The van der Waals surface area contributed by atoms with Crippen molar-refractivity contribution in [3.63, 3.8) is 0 Å². The summed E-state index contributed by atoms with van der Waals surface area (Å²) in [4.78, 5) is 34.1. The molecule has 0 fully saturated rings. The molecule has 1 rings (SSSR count). The van der Waals surface area contributed by atoms with Gasteiger partial charge in [0.1, 0.15) is 6.10 Å². The fourth-order valence-corrected chi connectivity index (χ4v) is 2.07. The van der Waals surface area contributed by atoms with Crippen LogP contribution in [0.25, 0.3) is 0 Å². The molecule has 3 unspecified atom stereocenters. The second-order valence-corrected chi connectivity index (χ2v) is 5.06. The summed E-state index contributed by atoms with van der Waals surface area (Å²) < 4.78 is 0. The maximum Gasteiger partial charge on any atom is 0.247 e. The van der Waals surface area contributed by atoms with Gasteiger partial charge in [0.05, 0.1) is 12.1 Å². The van der Waals surface area contributed by atoms with Crippen molar-refractivity contribution in [2.24, 2.45) is 11.5 Å². The second kappa shape index (κ2) is 8.47. The first kappa shape index (κ1) is 18.1. The van der Waals surface area contributed by atoms with E-state index < -0.39 is 30.1 Å². The quantitative estimate of drug-likeness (QED) is 0.290. The smallest absolute Gasteiger partial charge is 0.247 e. The number of carbonyl (C=O) groups is 3. The molecule has 1 aliphatic carbocycles. The molecule has 0 aromatic carbocycles. The van der Waals surface area contributed by atoms with Crippen molar-refractivity contribution < 1.29 is 24.6 Å². The van der Waals surface area contributed by atoms with Crippen LogP contribution in [0.1, 0.15) is 19.3 Å². The van der Waals surface area contributed by atoms with Gasteiger partial charge >= 0.3 is 0 Å². The number of aliphatic hydroxyl groups is 2. The van der Waals surface area contributed by atoms with E-state index in [1.807, 2.05) is 0 Å². The summed E-state index contributed by atoms with van der Waals surface area (Å²) in [5.74, 6) is -1.41. The van der Waals surface area contributed by atoms with Crippen LogP contribution in [0.5, 0.6) is 0 Å². The summed E-state index contributed by atoms with van der Waals surface area (Å²) in [7, 11) is 0. The first-order valence-corrected chi connectivity index (χ1v) is 6.98. The van der Waals surface area contributed by atoms with Crippen molar-refractivity contribution >= 4 is 17.7 Å². The molecule has 0 aromatic rings. The van der Waals surface area contributed by atoms with Gasteiger partial charge in [-0.1, -0.05) is 6.08 Å². The van der Waals surface area contributed by atoms with E-state index in [-0.39, 0.29) is 43.8 Å². The fourth-order valence-electron chi connectivity index (χ4n) is 2.07. The fraction of sp³-hybridized carbons (Fsp3) is 0.615. The zero-order chi connectivity index (χ0) is 16.7. The van der Waals surface area contributed by atoms with Crippen molar-refractivity contribution in [1.82, 2.24) is 10.6 Å². The van der Waals surface area contributed by atoms with E-state index in [9.17, 15) is 24.6 Å². The van der Waals surface area contributed by atoms with Crippen LogP contribution in [0.4, 0.5) is 0 Å². The summed E-state index contributed by atoms with van der Waals surface area (Å²) in [5, 5.41) is 24.7. The van der Waals surface area contributed by atoms with Crippen LogP contribution < -0.4 is 22.1 Å². The third-order valence-corrected chi connectivity index (χ3v) is 3.22. The molecule has 9 heteroatoms. The van der Waals surface area contributed by atoms with Gasteiger partial charge in [0, 0.05) is 37.9 Å². The Morgan fingerprint density at radius 3 is 2.55 bits per heavy atom. The van der Waals surface area contributed by atoms with Gasteiger partial charge in [0.2, 0.25) is 17.7 Å². The third kappa shape index (κ3) is 5.43. The second-order valence-electron chi connectivity index (χ2n) is 5.06. The highest BCUT2D eigenvalue weighted by atomic mass is 16.3. The van der Waals surface area contributed by atoms with Gasteiger partial charge in [-0.2, -0.15) is 0 Å². The molecule has 3 amide bonds. The zero-order valence-electron chi connectivity index (χ0n) is 12.1. The van der Waals surface area contributed by atoms with Crippen LogP contribution in [-0.4, -0.2) is 59.3 Å². The van der Waals surface area contributed by atoms with E-state index in [1.165, 1.54) is 6.08 Å². The standard InChI is InChI=1S/C13H22N4O5/c14-3-1-11(20)17-8-5-7(6-9(18)12(8)21)13(22)16-4-2-10(15)19/h5,8-9,12,18,21H,1-4,6,14H2,(H2,15,19)(H,16,22)(H,17,20). The highest BCUT2D eigenvalue weighted by Gasteiger charge is 2.33.